The molecule has 0 heterocycles. The fraction of sp³-hybridized carbons (Fsp3) is 0.333. The largest absolute Gasteiger partial charge is 0.347 e. The first kappa shape index (κ1) is 8.68. The predicted molar refractivity (Wildman–Crippen MR) is 37.0 cm³/mol. The van der Waals surface area contributed by atoms with E-state index in [4.69, 9.17) is 0 Å². The highest BCUT2D eigenvalue weighted by atomic mass is 16.2. The molecule has 0 rings (SSSR count). The second-order valence-electron chi connectivity index (χ2n) is 1.68. The summed E-state index contributed by atoms with van der Waals surface area (Å²) < 4.78 is 0. The fourth-order valence-electron chi connectivity index (χ4n) is 0.370. The van der Waals surface area contributed by atoms with Gasteiger partial charge in [-0.1, -0.05) is 6.58 Å². The highest BCUT2D eigenvalue weighted by molar-refractivity contribution is 5.84. The van der Waals surface area contributed by atoms with Crippen LogP contribution in [0, 0.1) is 0 Å². The zero-order valence-electron chi connectivity index (χ0n) is 5.81. The molecule has 0 aliphatic carbocycles. The summed E-state index contributed by atoms with van der Waals surface area (Å²) in [5.41, 5.74) is 0. The number of amides is 2. The number of hydrogen-bond acceptors (Lipinski definition) is 2. The summed E-state index contributed by atoms with van der Waals surface area (Å²) in [6.07, 6.45) is 1.27. The van der Waals surface area contributed by atoms with Crippen LogP contribution in [0.5, 0.6) is 0 Å². The van der Waals surface area contributed by atoms with Crippen LogP contribution in [0.1, 0.15) is 6.92 Å². The molecule has 4 nitrogen and oxygen atoms in total. The van der Waals surface area contributed by atoms with Gasteiger partial charge in [0.2, 0.25) is 11.8 Å². The third kappa shape index (κ3) is 4.83. The summed E-state index contributed by atoms with van der Waals surface area (Å²) in [4.78, 5) is 20.8. The van der Waals surface area contributed by atoms with Gasteiger partial charge in [0, 0.05) is 6.92 Å². The molecule has 0 aromatic heterocycles. The average molecular weight is 142 g/mol. The van der Waals surface area contributed by atoms with Crippen LogP contribution in [0.4, 0.5) is 0 Å². The maximum Gasteiger partial charge on any atom is 0.243 e. The van der Waals surface area contributed by atoms with Gasteiger partial charge in [-0.3, -0.25) is 9.59 Å². The van der Waals surface area contributed by atoms with Gasteiger partial charge < -0.3 is 10.6 Å². The van der Waals surface area contributed by atoms with Gasteiger partial charge in [0.05, 0.1) is 6.54 Å². The number of nitrogens with one attached hydrogen (secondary N) is 2. The lowest BCUT2D eigenvalue weighted by Crippen LogP contribution is -2.33. The lowest BCUT2D eigenvalue weighted by molar-refractivity contribution is -0.124. The minimum Gasteiger partial charge on any atom is -0.347 e. The van der Waals surface area contributed by atoms with Crippen molar-refractivity contribution < 1.29 is 9.59 Å². The molecule has 0 unspecified atom stereocenters. The van der Waals surface area contributed by atoms with Gasteiger partial charge in [0.25, 0.3) is 0 Å². The van der Waals surface area contributed by atoms with Crippen LogP contribution in [0.15, 0.2) is 12.8 Å². The molecular weight excluding hydrogens is 132 g/mol. The van der Waals surface area contributed by atoms with E-state index in [1.54, 1.807) is 0 Å². The van der Waals surface area contributed by atoms with Gasteiger partial charge >= 0.3 is 0 Å². The van der Waals surface area contributed by atoms with Crippen LogP contribution in [0.3, 0.4) is 0 Å². The summed E-state index contributed by atoms with van der Waals surface area (Å²) in [6.45, 7) is 4.63. The maximum absolute atomic E-state index is 10.6. The first-order chi connectivity index (χ1) is 4.66. The Hall–Kier alpha value is -1.32. The van der Waals surface area contributed by atoms with Crippen molar-refractivity contribution in [2.24, 2.45) is 0 Å². The Kier molecular flexibility index (Phi) is 3.95. The van der Waals surface area contributed by atoms with E-state index in [9.17, 15) is 9.59 Å². The second-order valence-corrected chi connectivity index (χ2v) is 1.68. The Labute approximate surface area is 59.3 Å². The molecule has 2 amide bonds. The topological polar surface area (TPSA) is 58.2 Å². The van der Waals surface area contributed by atoms with Crippen LogP contribution in [0.2, 0.25) is 0 Å². The van der Waals surface area contributed by atoms with E-state index in [-0.39, 0.29) is 18.4 Å². The third-order valence-electron chi connectivity index (χ3n) is 0.761. The highest BCUT2D eigenvalue weighted by Gasteiger charge is 1.96. The quantitative estimate of drug-likeness (QED) is 0.552. The second kappa shape index (κ2) is 4.55. The first-order valence-electron chi connectivity index (χ1n) is 2.81. The molecule has 0 saturated carbocycles. The predicted octanol–water partition coefficient (Wildman–Crippen LogP) is -0.618. The molecule has 56 valence electrons. The number of hydrogen-bond donors (Lipinski definition) is 2. The van der Waals surface area contributed by atoms with E-state index < -0.39 is 0 Å². The molecule has 0 bridgehead atoms. The lowest BCUT2D eigenvalue weighted by Gasteiger charge is -1.98. The van der Waals surface area contributed by atoms with Gasteiger partial charge in [-0.05, 0) is 6.20 Å². The minimum atomic E-state index is -0.273. The summed E-state index contributed by atoms with van der Waals surface area (Å²) in [7, 11) is 0. The van der Waals surface area contributed by atoms with Gasteiger partial charge in [0.15, 0.2) is 0 Å². The van der Waals surface area contributed by atoms with E-state index in [2.05, 4.69) is 17.2 Å². The monoisotopic (exact) mass is 142 g/mol. The van der Waals surface area contributed by atoms with E-state index in [0.717, 1.165) is 0 Å². The van der Waals surface area contributed by atoms with Crippen LogP contribution < -0.4 is 10.6 Å². The van der Waals surface area contributed by atoms with E-state index in [1.807, 2.05) is 0 Å². The summed E-state index contributed by atoms with van der Waals surface area (Å²) in [6, 6.07) is 0. The number of carbonyl (C=O) groups is 2. The molecule has 0 spiro atoms. The van der Waals surface area contributed by atoms with Crippen molar-refractivity contribution in [3.8, 4) is 0 Å². The lowest BCUT2D eigenvalue weighted by atomic mass is 10.5. The van der Waals surface area contributed by atoms with Crippen LogP contribution in [-0.2, 0) is 9.59 Å². The van der Waals surface area contributed by atoms with Gasteiger partial charge in [-0.25, -0.2) is 0 Å². The molecule has 0 aliphatic rings. The van der Waals surface area contributed by atoms with Crippen molar-refractivity contribution in [3.05, 3.63) is 12.8 Å². The molecular formula is C6H10N2O2. The van der Waals surface area contributed by atoms with Crippen LogP contribution in [0.25, 0.3) is 0 Å². The van der Waals surface area contributed by atoms with E-state index in [0.29, 0.717) is 0 Å². The Bertz CT molecular complexity index is 154. The molecule has 2 N–H and O–H groups in total. The Morgan fingerprint density at radius 2 is 2.20 bits per heavy atom. The Morgan fingerprint density at radius 3 is 2.60 bits per heavy atom. The summed E-state index contributed by atoms with van der Waals surface area (Å²) >= 11 is 0. The number of rotatable bonds is 3. The Morgan fingerprint density at radius 1 is 1.60 bits per heavy atom. The summed E-state index contributed by atoms with van der Waals surface area (Å²) in [5, 5.41) is 4.64. The molecule has 0 saturated heterocycles. The van der Waals surface area contributed by atoms with E-state index in [1.165, 1.54) is 13.1 Å². The zero-order valence-corrected chi connectivity index (χ0v) is 5.81. The minimum absolute atomic E-state index is 0.00134. The fourth-order valence-corrected chi connectivity index (χ4v) is 0.370. The van der Waals surface area contributed by atoms with Gasteiger partial charge in [-0.15, -0.1) is 0 Å². The van der Waals surface area contributed by atoms with Crippen molar-refractivity contribution in [1.82, 2.24) is 10.6 Å². The van der Waals surface area contributed by atoms with E-state index >= 15 is 0 Å². The smallest absolute Gasteiger partial charge is 0.243 e. The molecule has 0 aromatic rings. The molecule has 0 radical (unpaired) electrons. The zero-order chi connectivity index (χ0) is 7.98. The normalized spacial score (nSPS) is 8.10. The molecule has 4 heteroatoms. The maximum atomic E-state index is 10.6. The van der Waals surface area contributed by atoms with Gasteiger partial charge in [0.1, 0.15) is 0 Å². The van der Waals surface area contributed by atoms with Gasteiger partial charge in [-0.2, -0.15) is 0 Å². The molecule has 10 heavy (non-hydrogen) atoms. The molecule has 0 fully saturated rings. The van der Waals surface area contributed by atoms with Crippen LogP contribution in [-0.4, -0.2) is 18.4 Å². The Balaban J connectivity index is 3.39. The molecule has 0 aromatic carbocycles. The average Bonchev–Trinajstić information content (AvgIpc) is 1.85. The summed E-state index contributed by atoms with van der Waals surface area (Å²) in [5.74, 6) is -0.496. The number of carbonyl (C=O) groups excluding carboxylic acids is 2. The first-order valence-corrected chi connectivity index (χ1v) is 2.81. The van der Waals surface area contributed by atoms with Crippen molar-refractivity contribution in [1.29, 1.82) is 0 Å². The van der Waals surface area contributed by atoms with Crippen LogP contribution >= 0.6 is 0 Å². The molecule has 0 aliphatic heterocycles. The van der Waals surface area contributed by atoms with Crippen molar-refractivity contribution in [2.75, 3.05) is 6.54 Å². The SMILES string of the molecule is C=CNC(=O)CNC(C)=O. The standard InChI is InChI=1S/C6H10N2O2/c1-3-7-6(10)4-8-5(2)9/h3H,1,4H2,2H3,(H,7,10)(H,8,9). The molecule has 0 atom stereocenters. The third-order valence-corrected chi connectivity index (χ3v) is 0.761. The van der Waals surface area contributed by atoms with Crippen molar-refractivity contribution >= 4 is 11.8 Å². The highest BCUT2D eigenvalue weighted by Crippen LogP contribution is 1.64. The van der Waals surface area contributed by atoms with Crippen molar-refractivity contribution in [3.63, 3.8) is 0 Å². The van der Waals surface area contributed by atoms with Crippen molar-refractivity contribution in [2.45, 2.75) is 6.92 Å².